The van der Waals surface area contributed by atoms with E-state index in [1.54, 1.807) is 55.6 Å². The topological polar surface area (TPSA) is 77.5 Å². The van der Waals surface area contributed by atoms with Crippen LogP contribution in [0.4, 0.5) is 5.69 Å². The summed E-state index contributed by atoms with van der Waals surface area (Å²) in [6, 6.07) is 19.2. The van der Waals surface area contributed by atoms with Gasteiger partial charge in [0.25, 0.3) is 5.91 Å². The van der Waals surface area contributed by atoms with Gasteiger partial charge in [0.1, 0.15) is 17.0 Å². The average Bonchev–Trinajstić information content (AvgIpc) is 3.48. The molecule has 3 aromatic carbocycles. The van der Waals surface area contributed by atoms with Crippen LogP contribution in [0.15, 0.2) is 80.0 Å². The summed E-state index contributed by atoms with van der Waals surface area (Å²) in [7, 11) is 1.60. The second-order valence-electron chi connectivity index (χ2n) is 7.27. The lowest BCUT2D eigenvalue weighted by Gasteiger charge is -2.04. The molecule has 2 heterocycles. The summed E-state index contributed by atoms with van der Waals surface area (Å²) in [5.41, 5.74) is 3.14. The van der Waals surface area contributed by atoms with Crippen molar-refractivity contribution in [3.8, 4) is 28.5 Å². The van der Waals surface area contributed by atoms with Gasteiger partial charge in [0.2, 0.25) is 5.89 Å². The van der Waals surface area contributed by atoms with Crippen molar-refractivity contribution < 1.29 is 18.4 Å². The fourth-order valence-electron chi connectivity index (χ4n) is 3.42. The lowest BCUT2D eigenvalue weighted by Crippen LogP contribution is -2.10. The molecule has 1 amide bonds. The van der Waals surface area contributed by atoms with Gasteiger partial charge in [-0.25, -0.2) is 4.98 Å². The van der Waals surface area contributed by atoms with Crippen LogP contribution < -0.4 is 10.1 Å². The number of fused-ring (bicyclic) bond motifs is 1. The predicted octanol–water partition coefficient (Wildman–Crippen LogP) is 8.09. The van der Waals surface area contributed by atoms with Gasteiger partial charge in [-0.3, -0.25) is 4.79 Å². The average molecular weight is 558 g/mol. The molecule has 0 atom stereocenters. The smallest absolute Gasteiger partial charge is 0.291 e. The number of aromatic nitrogens is 1. The van der Waals surface area contributed by atoms with Gasteiger partial charge in [-0.1, -0.05) is 29.3 Å². The molecule has 0 saturated heterocycles. The number of hydrogen-bond donors (Lipinski definition) is 1. The molecule has 0 spiro atoms. The highest BCUT2D eigenvalue weighted by molar-refractivity contribution is 9.10. The zero-order valence-electron chi connectivity index (χ0n) is 17.6. The van der Waals surface area contributed by atoms with E-state index in [0.717, 1.165) is 10.0 Å². The van der Waals surface area contributed by atoms with Gasteiger partial charge >= 0.3 is 0 Å². The Morgan fingerprint density at radius 2 is 1.88 bits per heavy atom. The van der Waals surface area contributed by atoms with Crippen LogP contribution >= 0.6 is 39.1 Å². The second-order valence-corrected chi connectivity index (χ2v) is 8.91. The van der Waals surface area contributed by atoms with E-state index >= 15 is 0 Å². The van der Waals surface area contributed by atoms with E-state index in [1.807, 2.05) is 18.2 Å². The molecule has 0 aliphatic heterocycles. The van der Waals surface area contributed by atoms with E-state index in [0.29, 0.717) is 49.8 Å². The number of rotatable bonds is 5. The van der Waals surface area contributed by atoms with Crippen molar-refractivity contribution >= 4 is 61.8 Å². The molecule has 5 rings (SSSR count). The monoisotopic (exact) mass is 556 g/mol. The first-order valence-corrected chi connectivity index (χ1v) is 11.6. The number of carbonyl (C=O) groups is 1. The highest BCUT2D eigenvalue weighted by Gasteiger charge is 2.16. The third kappa shape index (κ3) is 4.30. The minimum Gasteiger partial charge on any atom is -0.496 e. The molecule has 0 aliphatic carbocycles. The standard InChI is InChI=1S/C25H15BrCl2N2O4/c1-32-20-7-5-13(11-16(20)26)25-30-18-12-14(6-8-21(18)34-25)29-24(31)22-10-9-19(33-22)15-3-2-4-17(27)23(15)28/h2-12H,1H3,(H,29,31). The van der Waals surface area contributed by atoms with E-state index in [1.165, 1.54) is 0 Å². The molecule has 0 unspecified atom stereocenters. The number of amides is 1. The summed E-state index contributed by atoms with van der Waals surface area (Å²) < 4.78 is 17.6. The maximum atomic E-state index is 12.7. The molecular formula is C25H15BrCl2N2O4. The van der Waals surface area contributed by atoms with Gasteiger partial charge in [0.05, 0.1) is 21.6 Å². The van der Waals surface area contributed by atoms with Crippen LogP contribution in [0.2, 0.25) is 10.0 Å². The van der Waals surface area contributed by atoms with Gasteiger partial charge in [-0.2, -0.15) is 0 Å². The number of carbonyl (C=O) groups excluding carboxylic acids is 1. The number of anilines is 1. The van der Waals surface area contributed by atoms with Crippen LogP contribution in [-0.2, 0) is 0 Å². The summed E-state index contributed by atoms with van der Waals surface area (Å²) >= 11 is 15.8. The maximum absolute atomic E-state index is 12.7. The first kappa shape index (κ1) is 22.5. The lowest BCUT2D eigenvalue weighted by molar-refractivity contribution is 0.0997. The zero-order valence-corrected chi connectivity index (χ0v) is 20.7. The molecule has 0 saturated carbocycles. The molecule has 5 aromatic rings. The number of halogens is 3. The Kier molecular flexibility index (Phi) is 6.08. The molecule has 0 fully saturated rings. The van der Waals surface area contributed by atoms with Crippen LogP contribution in [0, 0.1) is 0 Å². The highest BCUT2D eigenvalue weighted by atomic mass is 79.9. The molecule has 6 nitrogen and oxygen atoms in total. The highest BCUT2D eigenvalue weighted by Crippen LogP contribution is 2.35. The Labute approximate surface area is 212 Å². The van der Waals surface area contributed by atoms with Gasteiger partial charge in [0.15, 0.2) is 11.3 Å². The number of nitrogens with zero attached hydrogens (tertiary/aromatic N) is 1. The van der Waals surface area contributed by atoms with Gasteiger partial charge in [-0.05, 0) is 76.6 Å². The molecule has 9 heteroatoms. The van der Waals surface area contributed by atoms with E-state index in [-0.39, 0.29) is 5.76 Å². The first-order chi connectivity index (χ1) is 16.4. The Balaban J connectivity index is 1.37. The summed E-state index contributed by atoms with van der Waals surface area (Å²) in [6.45, 7) is 0. The summed E-state index contributed by atoms with van der Waals surface area (Å²) in [5.74, 6) is 1.33. The maximum Gasteiger partial charge on any atom is 0.291 e. The van der Waals surface area contributed by atoms with E-state index < -0.39 is 5.91 Å². The minimum atomic E-state index is -0.411. The molecule has 170 valence electrons. The van der Waals surface area contributed by atoms with Crippen molar-refractivity contribution in [3.63, 3.8) is 0 Å². The number of benzene rings is 3. The number of nitrogens with one attached hydrogen (secondary N) is 1. The number of oxazole rings is 1. The Bertz CT molecular complexity index is 1540. The zero-order chi connectivity index (χ0) is 23.8. The number of hydrogen-bond acceptors (Lipinski definition) is 5. The van der Waals surface area contributed by atoms with Crippen LogP contribution in [0.3, 0.4) is 0 Å². The normalized spacial score (nSPS) is 11.1. The lowest BCUT2D eigenvalue weighted by atomic mass is 10.2. The Morgan fingerprint density at radius 1 is 1.03 bits per heavy atom. The predicted molar refractivity (Wildman–Crippen MR) is 136 cm³/mol. The molecule has 0 radical (unpaired) electrons. The van der Waals surface area contributed by atoms with Crippen molar-refractivity contribution in [1.29, 1.82) is 0 Å². The third-order valence-corrected chi connectivity index (χ3v) is 6.53. The summed E-state index contributed by atoms with van der Waals surface area (Å²) in [4.78, 5) is 17.3. The Morgan fingerprint density at radius 3 is 2.68 bits per heavy atom. The molecule has 2 aromatic heterocycles. The van der Waals surface area contributed by atoms with Crippen molar-refractivity contribution in [2.75, 3.05) is 12.4 Å². The fourth-order valence-corrected chi connectivity index (χ4v) is 4.35. The minimum absolute atomic E-state index is 0.134. The van der Waals surface area contributed by atoms with Crippen molar-refractivity contribution in [1.82, 2.24) is 4.98 Å². The third-order valence-electron chi connectivity index (χ3n) is 5.09. The van der Waals surface area contributed by atoms with Crippen LogP contribution in [0.5, 0.6) is 5.75 Å². The molecular weight excluding hydrogens is 543 g/mol. The largest absolute Gasteiger partial charge is 0.496 e. The SMILES string of the molecule is COc1ccc(-c2nc3cc(NC(=O)c4ccc(-c5cccc(Cl)c5Cl)o4)ccc3o2)cc1Br. The molecule has 0 aliphatic rings. The summed E-state index contributed by atoms with van der Waals surface area (Å²) in [5, 5.41) is 3.59. The van der Waals surface area contributed by atoms with E-state index in [2.05, 4.69) is 26.2 Å². The molecule has 1 N–H and O–H groups in total. The first-order valence-electron chi connectivity index (χ1n) is 10.0. The van der Waals surface area contributed by atoms with Gasteiger partial charge < -0.3 is 18.9 Å². The van der Waals surface area contributed by atoms with Crippen LogP contribution in [0.25, 0.3) is 33.9 Å². The Hall–Kier alpha value is -3.26. The molecule has 0 bridgehead atoms. The van der Waals surface area contributed by atoms with Crippen molar-refractivity contribution in [2.24, 2.45) is 0 Å². The van der Waals surface area contributed by atoms with Crippen molar-refractivity contribution in [3.05, 3.63) is 87.0 Å². The van der Waals surface area contributed by atoms with Crippen LogP contribution in [0.1, 0.15) is 10.6 Å². The van der Waals surface area contributed by atoms with Gasteiger partial charge in [0, 0.05) is 16.8 Å². The van der Waals surface area contributed by atoms with Crippen molar-refractivity contribution in [2.45, 2.75) is 0 Å². The van der Waals surface area contributed by atoms with E-state index in [9.17, 15) is 4.79 Å². The number of furan rings is 1. The molecule has 34 heavy (non-hydrogen) atoms. The number of methoxy groups -OCH3 is 1. The van der Waals surface area contributed by atoms with Crippen LogP contribution in [-0.4, -0.2) is 18.0 Å². The van der Waals surface area contributed by atoms with Gasteiger partial charge in [-0.15, -0.1) is 0 Å². The number of ether oxygens (including phenoxy) is 1. The quantitative estimate of drug-likeness (QED) is 0.236. The summed E-state index contributed by atoms with van der Waals surface area (Å²) in [6.07, 6.45) is 0. The second kappa shape index (κ2) is 9.18. The van der Waals surface area contributed by atoms with E-state index in [4.69, 9.17) is 36.8 Å². The fraction of sp³-hybridized carbons (Fsp3) is 0.0400.